The van der Waals surface area contributed by atoms with Crippen molar-refractivity contribution in [1.29, 1.82) is 0 Å². The molecule has 7 heteroatoms. The quantitative estimate of drug-likeness (QED) is 0.924. The van der Waals surface area contributed by atoms with E-state index >= 15 is 0 Å². The number of hydrogen-bond donors (Lipinski definition) is 1. The van der Waals surface area contributed by atoms with Crippen molar-refractivity contribution < 1.29 is 13.2 Å². The summed E-state index contributed by atoms with van der Waals surface area (Å²) in [5, 5.41) is 3.58. The molecule has 3 nitrogen and oxygen atoms in total. The monoisotopic (exact) mass is 291 g/mol. The number of aromatic nitrogens is 2. The molecule has 2 rings (SSSR count). The smallest absolute Gasteiger partial charge is 0.325 e. The molecule has 0 bridgehead atoms. The topological polar surface area (TPSA) is 43.8 Å². The van der Waals surface area contributed by atoms with Crippen molar-refractivity contribution in [2.75, 3.05) is 0 Å². The summed E-state index contributed by atoms with van der Waals surface area (Å²) in [5.41, 5.74) is 6.37. The van der Waals surface area contributed by atoms with Gasteiger partial charge in [-0.15, -0.1) is 12.4 Å². The van der Waals surface area contributed by atoms with Gasteiger partial charge in [-0.1, -0.05) is 12.1 Å². The summed E-state index contributed by atoms with van der Waals surface area (Å²) >= 11 is 0. The number of aryl methyl sites for hydroxylation is 1. The number of halogens is 4. The van der Waals surface area contributed by atoms with Crippen LogP contribution in [0.3, 0.4) is 0 Å². The first-order valence-electron chi connectivity index (χ1n) is 5.35. The van der Waals surface area contributed by atoms with Crippen LogP contribution < -0.4 is 5.73 Å². The number of nitrogens with zero attached hydrogens (tertiary/aromatic N) is 2. The lowest BCUT2D eigenvalue weighted by Crippen LogP contribution is -2.08. The maximum absolute atomic E-state index is 12.6. The Morgan fingerprint density at radius 3 is 2.47 bits per heavy atom. The van der Waals surface area contributed by atoms with E-state index < -0.39 is 11.9 Å². The van der Waals surface area contributed by atoms with Gasteiger partial charge in [0.25, 0.3) is 0 Å². The highest BCUT2D eigenvalue weighted by molar-refractivity contribution is 5.85. The third-order valence-corrected chi connectivity index (χ3v) is 2.53. The predicted molar refractivity (Wildman–Crippen MR) is 68.4 cm³/mol. The SMILES string of the molecule is Cc1cccc(-n2nc(C(F)(F)F)cc2CN)c1.Cl. The van der Waals surface area contributed by atoms with Gasteiger partial charge in [-0.25, -0.2) is 4.68 Å². The van der Waals surface area contributed by atoms with Gasteiger partial charge in [0.2, 0.25) is 0 Å². The van der Waals surface area contributed by atoms with Gasteiger partial charge in [-0.2, -0.15) is 18.3 Å². The molecule has 0 unspecified atom stereocenters. The highest BCUT2D eigenvalue weighted by atomic mass is 35.5. The second-order valence-corrected chi connectivity index (χ2v) is 3.97. The maximum Gasteiger partial charge on any atom is 0.435 e. The Bertz CT molecular complexity index is 564. The first kappa shape index (κ1) is 15.5. The molecule has 0 aliphatic heterocycles. The zero-order valence-corrected chi connectivity index (χ0v) is 10.9. The van der Waals surface area contributed by atoms with E-state index in [-0.39, 0.29) is 19.0 Å². The Hall–Kier alpha value is -1.53. The van der Waals surface area contributed by atoms with Gasteiger partial charge >= 0.3 is 6.18 Å². The van der Waals surface area contributed by atoms with E-state index in [1.165, 1.54) is 4.68 Å². The molecule has 0 radical (unpaired) electrons. The van der Waals surface area contributed by atoms with Gasteiger partial charge in [0, 0.05) is 6.54 Å². The Kier molecular flexibility index (Phi) is 4.60. The molecule has 0 saturated heterocycles. The standard InChI is InChI=1S/C12H12F3N3.ClH/c1-8-3-2-4-9(5-8)18-10(7-16)6-11(17-18)12(13,14)15;/h2-6H,7,16H2,1H3;1H. The molecule has 0 aliphatic carbocycles. The largest absolute Gasteiger partial charge is 0.435 e. The molecule has 0 saturated carbocycles. The van der Waals surface area contributed by atoms with Crippen LogP contribution in [0.5, 0.6) is 0 Å². The maximum atomic E-state index is 12.6. The molecule has 0 aliphatic rings. The van der Waals surface area contributed by atoms with E-state index in [0.717, 1.165) is 11.6 Å². The predicted octanol–water partition coefficient (Wildman–Crippen LogP) is 3.08. The van der Waals surface area contributed by atoms with Crippen molar-refractivity contribution in [1.82, 2.24) is 9.78 Å². The molecule has 1 aromatic heterocycles. The minimum absolute atomic E-state index is 0. The van der Waals surface area contributed by atoms with Crippen molar-refractivity contribution in [3.63, 3.8) is 0 Å². The van der Waals surface area contributed by atoms with Gasteiger partial charge in [-0.05, 0) is 30.7 Å². The number of nitrogens with two attached hydrogens (primary N) is 1. The molecular formula is C12H13ClF3N3. The molecule has 0 fully saturated rings. The average Bonchev–Trinajstić information content (AvgIpc) is 2.72. The lowest BCUT2D eigenvalue weighted by Gasteiger charge is -2.06. The van der Waals surface area contributed by atoms with E-state index in [2.05, 4.69) is 5.10 Å². The molecule has 0 atom stereocenters. The fraction of sp³-hybridized carbons (Fsp3) is 0.250. The number of hydrogen-bond acceptors (Lipinski definition) is 2. The van der Waals surface area contributed by atoms with Crippen molar-refractivity contribution in [2.24, 2.45) is 5.73 Å². The molecule has 104 valence electrons. The molecule has 19 heavy (non-hydrogen) atoms. The summed E-state index contributed by atoms with van der Waals surface area (Å²) in [6, 6.07) is 8.05. The van der Waals surface area contributed by atoms with Crippen LogP contribution in [0.25, 0.3) is 5.69 Å². The van der Waals surface area contributed by atoms with E-state index in [0.29, 0.717) is 11.4 Å². The Balaban J connectivity index is 0.00000180. The molecular weight excluding hydrogens is 279 g/mol. The van der Waals surface area contributed by atoms with Gasteiger partial charge < -0.3 is 5.73 Å². The first-order valence-corrected chi connectivity index (χ1v) is 5.35. The molecule has 2 aromatic rings. The van der Waals surface area contributed by atoms with Crippen LogP contribution in [0.1, 0.15) is 17.0 Å². The molecule has 0 amide bonds. The zero-order chi connectivity index (χ0) is 13.3. The molecule has 0 spiro atoms. The summed E-state index contributed by atoms with van der Waals surface area (Å²) in [7, 11) is 0. The molecule has 2 N–H and O–H groups in total. The molecule has 1 heterocycles. The van der Waals surface area contributed by atoms with Gasteiger partial charge in [0.1, 0.15) is 0 Å². The van der Waals surface area contributed by atoms with Crippen LogP contribution in [0.4, 0.5) is 13.2 Å². The average molecular weight is 292 g/mol. The summed E-state index contributed by atoms with van der Waals surface area (Å²) < 4.78 is 39.0. The van der Waals surface area contributed by atoms with E-state index in [1.807, 2.05) is 13.0 Å². The van der Waals surface area contributed by atoms with Crippen LogP contribution in [0, 0.1) is 6.92 Å². The van der Waals surface area contributed by atoms with E-state index in [4.69, 9.17) is 5.73 Å². The number of benzene rings is 1. The first-order chi connectivity index (χ1) is 8.41. The minimum atomic E-state index is -4.46. The second kappa shape index (κ2) is 5.63. The van der Waals surface area contributed by atoms with Crippen LogP contribution in [-0.4, -0.2) is 9.78 Å². The van der Waals surface area contributed by atoms with Crippen molar-refractivity contribution in [2.45, 2.75) is 19.6 Å². The number of rotatable bonds is 2. The summed E-state index contributed by atoms with van der Waals surface area (Å²) in [6.45, 7) is 1.86. The van der Waals surface area contributed by atoms with Gasteiger partial charge in [0.15, 0.2) is 5.69 Å². The fourth-order valence-electron chi connectivity index (χ4n) is 1.69. The third kappa shape index (κ3) is 3.27. The van der Waals surface area contributed by atoms with Crippen LogP contribution in [0.15, 0.2) is 30.3 Å². The van der Waals surface area contributed by atoms with E-state index in [9.17, 15) is 13.2 Å². The summed E-state index contributed by atoms with van der Waals surface area (Å²) in [6.07, 6.45) is -4.46. The highest BCUT2D eigenvalue weighted by Gasteiger charge is 2.34. The van der Waals surface area contributed by atoms with Crippen LogP contribution in [0.2, 0.25) is 0 Å². The third-order valence-electron chi connectivity index (χ3n) is 2.53. The fourth-order valence-corrected chi connectivity index (χ4v) is 1.69. The Morgan fingerprint density at radius 2 is 1.95 bits per heavy atom. The van der Waals surface area contributed by atoms with Crippen molar-refractivity contribution in [3.05, 3.63) is 47.3 Å². The summed E-state index contributed by atoms with van der Waals surface area (Å²) in [5.74, 6) is 0. The Morgan fingerprint density at radius 1 is 1.26 bits per heavy atom. The second-order valence-electron chi connectivity index (χ2n) is 3.97. The highest BCUT2D eigenvalue weighted by Crippen LogP contribution is 2.29. The summed E-state index contributed by atoms with van der Waals surface area (Å²) in [4.78, 5) is 0. The lowest BCUT2D eigenvalue weighted by molar-refractivity contribution is -0.141. The van der Waals surface area contributed by atoms with Gasteiger partial charge in [-0.3, -0.25) is 0 Å². The van der Waals surface area contributed by atoms with Crippen molar-refractivity contribution in [3.8, 4) is 5.69 Å². The zero-order valence-electron chi connectivity index (χ0n) is 10.1. The lowest BCUT2D eigenvalue weighted by atomic mass is 10.2. The van der Waals surface area contributed by atoms with Crippen molar-refractivity contribution >= 4 is 12.4 Å². The van der Waals surface area contributed by atoms with Crippen LogP contribution in [-0.2, 0) is 12.7 Å². The van der Waals surface area contributed by atoms with Crippen LogP contribution >= 0.6 is 12.4 Å². The normalized spacial score (nSPS) is 11.2. The van der Waals surface area contributed by atoms with E-state index in [1.54, 1.807) is 18.2 Å². The van der Waals surface area contributed by atoms with Gasteiger partial charge in [0.05, 0.1) is 11.4 Å². The Labute approximate surface area is 114 Å². The minimum Gasteiger partial charge on any atom is -0.325 e. The molecule has 1 aromatic carbocycles. The number of alkyl halides is 3.